The summed E-state index contributed by atoms with van der Waals surface area (Å²) in [7, 11) is 3.40. The van der Waals surface area contributed by atoms with Crippen LogP contribution in [0.3, 0.4) is 0 Å². The van der Waals surface area contributed by atoms with E-state index in [-0.39, 0.29) is 26.5 Å². The number of anilines is 1. The molecule has 3 aromatic rings. The molecule has 2 aromatic heterocycles. The largest absolute Gasteiger partial charge is 0.494 e. The predicted molar refractivity (Wildman–Crippen MR) is 142 cm³/mol. The Balaban J connectivity index is 0.00000180. The Morgan fingerprint density at radius 1 is 1.00 bits per heavy atom. The Hall–Kier alpha value is -3.20. The maximum atomic E-state index is 12.3. The Bertz CT molecular complexity index is 1180. The van der Waals surface area contributed by atoms with Crippen molar-refractivity contribution in [3.8, 4) is 11.5 Å². The fraction of sp³-hybridized carbons (Fsp3) is 0.556. The molecule has 0 radical (unpaired) electrons. The van der Waals surface area contributed by atoms with Crippen LogP contribution in [-0.4, -0.2) is 59.0 Å². The van der Waals surface area contributed by atoms with Gasteiger partial charge in [-0.3, -0.25) is 4.79 Å². The van der Waals surface area contributed by atoms with E-state index < -0.39 is 0 Å². The zero-order valence-corrected chi connectivity index (χ0v) is 19.8. The molecule has 9 nitrogen and oxygen atoms in total. The van der Waals surface area contributed by atoms with Crippen LogP contribution in [0.25, 0.3) is 11.0 Å². The lowest BCUT2D eigenvalue weighted by molar-refractivity contribution is 0.122. The van der Waals surface area contributed by atoms with Crippen molar-refractivity contribution in [2.75, 3.05) is 38.3 Å². The van der Waals surface area contributed by atoms with Gasteiger partial charge in [0.05, 0.1) is 50.5 Å². The van der Waals surface area contributed by atoms with Gasteiger partial charge >= 0.3 is 0 Å². The van der Waals surface area contributed by atoms with Gasteiger partial charge in [0.1, 0.15) is 17.1 Å². The van der Waals surface area contributed by atoms with Gasteiger partial charge in [-0.1, -0.05) is 14.9 Å². The molecule has 0 bridgehead atoms. The number of rotatable bonds is 6. The lowest BCUT2D eigenvalue weighted by Gasteiger charge is -2.31. The van der Waals surface area contributed by atoms with Gasteiger partial charge in [-0.05, 0) is 37.7 Å². The lowest BCUT2D eigenvalue weighted by Crippen LogP contribution is -2.36. The van der Waals surface area contributed by atoms with Crippen molar-refractivity contribution in [3.63, 3.8) is 0 Å². The Kier molecular flexibility index (Phi) is 9.25. The summed E-state index contributed by atoms with van der Waals surface area (Å²) in [4.78, 5) is 27.9. The molecule has 196 valence electrons. The van der Waals surface area contributed by atoms with E-state index in [0.717, 1.165) is 73.5 Å². The number of benzene rings is 1. The second kappa shape index (κ2) is 12.2. The van der Waals surface area contributed by atoms with E-state index in [9.17, 15) is 4.79 Å². The predicted octanol–water partition coefficient (Wildman–Crippen LogP) is 4.02. The highest BCUT2D eigenvalue weighted by Crippen LogP contribution is 2.35. The van der Waals surface area contributed by atoms with Gasteiger partial charge < -0.3 is 23.7 Å². The van der Waals surface area contributed by atoms with Gasteiger partial charge in [0.15, 0.2) is 5.75 Å². The molecular formula is C27H39N5O4. The van der Waals surface area contributed by atoms with Crippen LogP contribution in [0, 0.1) is 5.92 Å². The average Bonchev–Trinajstić information content (AvgIpc) is 2.88. The third-order valence-corrected chi connectivity index (χ3v) is 6.87. The number of fused-ring (bicyclic) bond motifs is 1. The molecule has 0 atom stereocenters. The van der Waals surface area contributed by atoms with Gasteiger partial charge in [-0.2, -0.15) is 0 Å². The summed E-state index contributed by atoms with van der Waals surface area (Å²) in [6.07, 6.45) is 9.81. The van der Waals surface area contributed by atoms with E-state index in [1.165, 1.54) is 6.20 Å². The summed E-state index contributed by atoms with van der Waals surface area (Å²) < 4.78 is 18.8. The molecule has 1 saturated carbocycles. The van der Waals surface area contributed by atoms with Crippen molar-refractivity contribution in [3.05, 3.63) is 46.9 Å². The van der Waals surface area contributed by atoms with Crippen molar-refractivity contribution in [1.82, 2.24) is 19.5 Å². The summed E-state index contributed by atoms with van der Waals surface area (Å²) in [5.41, 5.74) is 2.44. The second-order valence-electron chi connectivity index (χ2n) is 9.07. The standard InChI is InChI=1S/C25H31N5O4.2CH4/c1-29-24(31)16-26-21-12-18(30-7-9-33-10-8-30)13-22(25(21)29)34-19-5-3-17(4-6-19)11-23-27-14-20(32-2)15-28-23;;/h12-17,19H,3-11H2,1-2H3;2*1H4. The summed E-state index contributed by atoms with van der Waals surface area (Å²) >= 11 is 0. The van der Waals surface area contributed by atoms with Gasteiger partial charge in [-0.15, -0.1) is 0 Å². The molecule has 5 rings (SSSR count). The smallest absolute Gasteiger partial charge is 0.269 e. The maximum absolute atomic E-state index is 12.3. The minimum atomic E-state index is -0.139. The Labute approximate surface area is 213 Å². The van der Waals surface area contributed by atoms with E-state index in [0.29, 0.717) is 24.9 Å². The van der Waals surface area contributed by atoms with E-state index in [1.807, 2.05) is 6.07 Å². The van der Waals surface area contributed by atoms with Crippen molar-refractivity contribution >= 4 is 16.7 Å². The third-order valence-electron chi connectivity index (χ3n) is 6.87. The van der Waals surface area contributed by atoms with Crippen LogP contribution in [-0.2, 0) is 18.2 Å². The number of hydrogen-bond donors (Lipinski definition) is 0. The monoisotopic (exact) mass is 497 g/mol. The van der Waals surface area contributed by atoms with Crippen LogP contribution < -0.4 is 19.9 Å². The van der Waals surface area contributed by atoms with Crippen molar-refractivity contribution in [1.29, 1.82) is 0 Å². The van der Waals surface area contributed by atoms with Crippen LogP contribution in [0.2, 0.25) is 0 Å². The molecule has 1 aliphatic heterocycles. The molecule has 1 aliphatic carbocycles. The summed E-state index contributed by atoms with van der Waals surface area (Å²) in [5.74, 6) is 2.80. The normalized spacial score (nSPS) is 19.8. The van der Waals surface area contributed by atoms with Gasteiger partial charge in [0, 0.05) is 38.3 Å². The van der Waals surface area contributed by atoms with Crippen LogP contribution >= 0.6 is 0 Å². The van der Waals surface area contributed by atoms with Crippen LogP contribution in [0.5, 0.6) is 11.5 Å². The fourth-order valence-corrected chi connectivity index (χ4v) is 4.88. The molecule has 1 saturated heterocycles. The minimum absolute atomic E-state index is 0. The van der Waals surface area contributed by atoms with E-state index in [2.05, 4.69) is 25.9 Å². The number of aryl methyl sites for hydroxylation is 1. The molecule has 0 unspecified atom stereocenters. The van der Waals surface area contributed by atoms with E-state index >= 15 is 0 Å². The highest BCUT2D eigenvalue weighted by Gasteiger charge is 2.25. The van der Waals surface area contributed by atoms with Crippen LogP contribution in [0.1, 0.15) is 46.4 Å². The van der Waals surface area contributed by atoms with Crippen molar-refractivity contribution < 1.29 is 14.2 Å². The zero-order chi connectivity index (χ0) is 23.5. The highest BCUT2D eigenvalue weighted by atomic mass is 16.5. The highest BCUT2D eigenvalue weighted by molar-refractivity contribution is 5.85. The molecule has 2 fully saturated rings. The molecule has 0 amide bonds. The van der Waals surface area contributed by atoms with Gasteiger partial charge in [0.2, 0.25) is 0 Å². The number of ether oxygens (including phenoxy) is 3. The minimum Gasteiger partial charge on any atom is -0.494 e. The average molecular weight is 498 g/mol. The molecule has 3 heterocycles. The summed E-state index contributed by atoms with van der Waals surface area (Å²) in [6.45, 7) is 3.07. The number of methoxy groups -OCH3 is 1. The Morgan fingerprint density at radius 3 is 2.36 bits per heavy atom. The number of morpholine rings is 1. The van der Waals surface area contributed by atoms with Gasteiger partial charge in [0.25, 0.3) is 5.56 Å². The number of hydrogen-bond acceptors (Lipinski definition) is 8. The molecule has 0 N–H and O–H groups in total. The Morgan fingerprint density at radius 2 is 1.69 bits per heavy atom. The van der Waals surface area contributed by atoms with Crippen LogP contribution in [0.15, 0.2) is 35.5 Å². The van der Waals surface area contributed by atoms with Crippen LogP contribution in [0.4, 0.5) is 5.69 Å². The maximum Gasteiger partial charge on any atom is 0.269 e. The van der Waals surface area contributed by atoms with E-state index in [4.69, 9.17) is 14.2 Å². The molecular weight excluding hydrogens is 458 g/mol. The molecule has 36 heavy (non-hydrogen) atoms. The first kappa shape index (κ1) is 27.4. The topological polar surface area (TPSA) is 91.6 Å². The second-order valence-corrected chi connectivity index (χ2v) is 9.07. The SMILES string of the molecule is C.C.COc1cnc(CC2CCC(Oc3cc(N4CCOCC4)cc4ncc(=O)n(C)c34)CC2)nc1. The number of aromatic nitrogens is 4. The first-order valence-corrected chi connectivity index (χ1v) is 11.9. The van der Waals surface area contributed by atoms with Crippen molar-refractivity contribution in [2.45, 2.75) is 53.1 Å². The first-order chi connectivity index (χ1) is 16.6. The summed E-state index contributed by atoms with van der Waals surface area (Å²) in [6, 6.07) is 4.10. The summed E-state index contributed by atoms with van der Waals surface area (Å²) in [5, 5.41) is 0. The van der Waals surface area contributed by atoms with Crippen molar-refractivity contribution in [2.24, 2.45) is 13.0 Å². The molecule has 2 aliphatic rings. The zero-order valence-electron chi connectivity index (χ0n) is 19.8. The number of nitrogens with zero attached hydrogens (tertiary/aromatic N) is 5. The van der Waals surface area contributed by atoms with E-state index in [1.54, 1.807) is 31.1 Å². The lowest BCUT2D eigenvalue weighted by atomic mass is 9.85. The third kappa shape index (κ3) is 5.95. The molecule has 9 heteroatoms. The molecule has 1 aromatic carbocycles. The first-order valence-electron chi connectivity index (χ1n) is 11.9. The molecule has 0 spiro atoms. The fourth-order valence-electron chi connectivity index (χ4n) is 4.88. The van der Waals surface area contributed by atoms with Gasteiger partial charge in [-0.25, -0.2) is 15.0 Å². The quantitative estimate of drug-likeness (QED) is 0.504.